The van der Waals surface area contributed by atoms with Crippen molar-refractivity contribution in [3.63, 3.8) is 0 Å². The highest BCUT2D eigenvalue weighted by molar-refractivity contribution is 5.87. The third kappa shape index (κ3) is 5.11. The maximum Gasteiger partial charge on any atom is 0.316 e. The van der Waals surface area contributed by atoms with Crippen LogP contribution in [0.15, 0.2) is 83.7 Å². The smallest absolute Gasteiger partial charge is 0.316 e. The Bertz CT molecular complexity index is 1390. The van der Waals surface area contributed by atoms with E-state index < -0.39 is 11.5 Å². The van der Waals surface area contributed by atoms with Crippen molar-refractivity contribution in [2.24, 2.45) is 0 Å². The van der Waals surface area contributed by atoms with Crippen LogP contribution in [0.4, 0.5) is 0 Å². The number of esters is 1. The maximum atomic E-state index is 12.4. The number of pyridine rings is 1. The molecule has 1 fully saturated rings. The normalized spacial score (nSPS) is 15.0. The fourth-order valence-corrected chi connectivity index (χ4v) is 4.70. The molecule has 0 radical (unpaired) electrons. The summed E-state index contributed by atoms with van der Waals surface area (Å²) in [5.41, 5.74) is 5.92. The van der Waals surface area contributed by atoms with Gasteiger partial charge in [-0.05, 0) is 67.5 Å². The summed E-state index contributed by atoms with van der Waals surface area (Å²) in [5, 5.41) is 15.0. The summed E-state index contributed by atoms with van der Waals surface area (Å²) in [7, 11) is 0. The summed E-state index contributed by atoms with van der Waals surface area (Å²) >= 11 is 0. The van der Waals surface area contributed by atoms with Gasteiger partial charge >= 0.3 is 5.97 Å². The Balaban J connectivity index is 1.31. The molecule has 6 nitrogen and oxygen atoms in total. The van der Waals surface area contributed by atoms with Gasteiger partial charge in [-0.25, -0.2) is 0 Å². The van der Waals surface area contributed by atoms with Crippen molar-refractivity contribution < 1.29 is 19.2 Å². The number of ether oxygens (including phenoxy) is 1. The first kappa shape index (κ1) is 24.7. The molecule has 1 aliphatic carbocycles. The Morgan fingerprint density at radius 3 is 2.27 bits per heavy atom. The molecule has 2 aromatic carbocycles. The van der Waals surface area contributed by atoms with Crippen LogP contribution < -0.4 is 0 Å². The first-order valence-corrected chi connectivity index (χ1v) is 12.6. The molecule has 4 aromatic rings. The number of benzene rings is 2. The van der Waals surface area contributed by atoms with Gasteiger partial charge in [0.25, 0.3) is 0 Å². The lowest BCUT2D eigenvalue weighted by Crippen LogP contribution is -2.23. The van der Waals surface area contributed by atoms with E-state index in [1.54, 1.807) is 12.4 Å². The predicted octanol–water partition coefficient (Wildman–Crippen LogP) is 6.44. The molecular weight excluding hydrogens is 464 g/mol. The summed E-state index contributed by atoms with van der Waals surface area (Å²) in [6.45, 7) is 4.08. The summed E-state index contributed by atoms with van der Waals surface area (Å²) in [5.74, 6) is 0.453. The molecule has 188 valence electrons. The third-order valence-electron chi connectivity index (χ3n) is 6.95. The van der Waals surface area contributed by atoms with E-state index in [0.29, 0.717) is 30.0 Å². The zero-order valence-corrected chi connectivity index (χ0v) is 21.1. The standard InChI is InChI=1S/C31H30N2O4/c1-3-36-30(35)31(17-18-31)26-13-11-24(12-14-26)23-7-9-25(10-8-23)29-28(21(2)33-37-29)27(34)6-4-5-22-15-19-32-20-16-22/h4-5,7-16,19-20,27,34H,3,6,17-18H2,1-2H3. The fourth-order valence-electron chi connectivity index (χ4n) is 4.70. The van der Waals surface area contributed by atoms with Gasteiger partial charge in [0.1, 0.15) is 0 Å². The van der Waals surface area contributed by atoms with Gasteiger partial charge in [0.2, 0.25) is 0 Å². The zero-order valence-electron chi connectivity index (χ0n) is 21.1. The van der Waals surface area contributed by atoms with Crippen molar-refractivity contribution in [3.8, 4) is 22.5 Å². The summed E-state index contributed by atoms with van der Waals surface area (Å²) < 4.78 is 10.9. The Labute approximate surface area is 216 Å². The Kier molecular flexibility index (Phi) is 7.01. The Hall–Kier alpha value is -4.03. The molecule has 1 N–H and O–H groups in total. The first-order valence-electron chi connectivity index (χ1n) is 12.6. The van der Waals surface area contributed by atoms with Gasteiger partial charge in [-0.2, -0.15) is 0 Å². The molecule has 1 atom stereocenters. The van der Waals surface area contributed by atoms with Crippen molar-refractivity contribution >= 4 is 12.0 Å². The number of aromatic nitrogens is 2. The lowest BCUT2D eigenvalue weighted by Gasteiger charge is -2.15. The van der Waals surface area contributed by atoms with E-state index in [4.69, 9.17) is 9.26 Å². The minimum absolute atomic E-state index is 0.125. The van der Waals surface area contributed by atoms with Crippen molar-refractivity contribution in [1.29, 1.82) is 0 Å². The van der Waals surface area contributed by atoms with Gasteiger partial charge in [0.15, 0.2) is 5.76 Å². The monoisotopic (exact) mass is 494 g/mol. The fraction of sp³-hybridized carbons (Fsp3) is 0.258. The van der Waals surface area contributed by atoms with Crippen LogP contribution >= 0.6 is 0 Å². The molecular formula is C31H30N2O4. The average Bonchev–Trinajstić information content (AvgIpc) is 3.66. The molecule has 2 heterocycles. The lowest BCUT2D eigenvalue weighted by atomic mass is 9.93. The molecule has 1 saturated carbocycles. The minimum Gasteiger partial charge on any atom is -0.465 e. The minimum atomic E-state index is -0.735. The summed E-state index contributed by atoms with van der Waals surface area (Å²) in [6.07, 6.45) is 8.76. The number of rotatable bonds is 9. The van der Waals surface area contributed by atoms with E-state index in [9.17, 15) is 9.90 Å². The van der Waals surface area contributed by atoms with Crippen LogP contribution in [0.5, 0.6) is 0 Å². The summed E-state index contributed by atoms with van der Waals surface area (Å²) in [4.78, 5) is 16.4. The predicted molar refractivity (Wildman–Crippen MR) is 143 cm³/mol. The van der Waals surface area contributed by atoms with Crippen LogP contribution in [0.2, 0.25) is 0 Å². The number of carbonyl (C=O) groups excluding carboxylic acids is 1. The highest BCUT2D eigenvalue weighted by Gasteiger charge is 2.52. The third-order valence-corrected chi connectivity index (χ3v) is 6.95. The molecule has 2 aromatic heterocycles. The van der Waals surface area contributed by atoms with E-state index in [2.05, 4.69) is 10.1 Å². The van der Waals surface area contributed by atoms with E-state index in [0.717, 1.165) is 40.7 Å². The van der Waals surface area contributed by atoms with Crippen LogP contribution in [-0.4, -0.2) is 27.8 Å². The second-order valence-corrected chi connectivity index (χ2v) is 9.40. The van der Waals surface area contributed by atoms with Gasteiger partial charge in [0, 0.05) is 18.0 Å². The highest BCUT2D eigenvalue weighted by atomic mass is 16.5. The zero-order chi connectivity index (χ0) is 25.8. The van der Waals surface area contributed by atoms with Crippen LogP contribution in [0.25, 0.3) is 28.5 Å². The van der Waals surface area contributed by atoms with E-state index in [-0.39, 0.29) is 5.97 Å². The number of aryl methyl sites for hydroxylation is 1. The van der Waals surface area contributed by atoms with E-state index in [1.165, 1.54) is 0 Å². The van der Waals surface area contributed by atoms with Crippen molar-refractivity contribution in [2.45, 2.75) is 44.6 Å². The first-order chi connectivity index (χ1) is 18.0. The van der Waals surface area contributed by atoms with E-state index >= 15 is 0 Å². The number of carbonyl (C=O) groups is 1. The van der Waals surface area contributed by atoms with Crippen molar-refractivity contribution in [1.82, 2.24) is 10.1 Å². The number of nitrogens with zero attached hydrogens (tertiary/aromatic N) is 2. The molecule has 6 heteroatoms. The molecule has 0 saturated heterocycles. The van der Waals surface area contributed by atoms with Gasteiger partial charge in [0.05, 0.1) is 29.4 Å². The summed E-state index contributed by atoms with van der Waals surface area (Å²) in [6, 6.07) is 20.0. The largest absolute Gasteiger partial charge is 0.465 e. The Morgan fingerprint density at radius 1 is 1.03 bits per heavy atom. The second kappa shape index (κ2) is 10.5. The molecule has 1 aliphatic rings. The molecule has 0 bridgehead atoms. The Morgan fingerprint density at radius 2 is 1.65 bits per heavy atom. The van der Waals surface area contributed by atoms with E-state index in [1.807, 2.05) is 86.7 Å². The molecule has 0 aliphatic heterocycles. The van der Waals surface area contributed by atoms with Crippen LogP contribution in [0, 0.1) is 6.92 Å². The second-order valence-electron chi connectivity index (χ2n) is 9.40. The van der Waals surface area contributed by atoms with Gasteiger partial charge in [-0.1, -0.05) is 65.8 Å². The van der Waals surface area contributed by atoms with Gasteiger partial charge in [-0.3, -0.25) is 9.78 Å². The lowest BCUT2D eigenvalue weighted by molar-refractivity contribution is -0.146. The van der Waals surface area contributed by atoms with Crippen LogP contribution in [0.1, 0.15) is 54.7 Å². The molecule has 0 spiro atoms. The number of aliphatic hydroxyl groups excluding tert-OH is 1. The van der Waals surface area contributed by atoms with Crippen LogP contribution in [-0.2, 0) is 14.9 Å². The molecule has 0 amide bonds. The molecule has 1 unspecified atom stereocenters. The molecule has 5 rings (SSSR count). The van der Waals surface area contributed by atoms with Crippen molar-refractivity contribution in [2.75, 3.05) is 6.61 Å². The topological polar surface area (TPSA) is 85.5 Å². The number of aliphatic hydroxyl groups is 1. The maximum absolute atomic E-state index is 12.4. The number of hydrogen-bond acceptors (Lipinski definition) is 6. The molecule has 37 heavy (non-hydrogen) atoms. The van der Waals surface area contributed by atoms with Gasteiger partial charge in [-0.15, -0.1) is 0 Å². The van der Waals surface area contributed by atoms with Gasteiger partial charge < -0.3 is 14.4 Å². The van der Waals surface area contributed by atoms with Crippen LogP contribution in [0.3, 0.4) is 0 Å². The van der Waals surface area contributed by atoms with Crippen molar-refractivity contribution in [3.05, 3.63) is 102 Å². The highest BCUT2D eigenvalue weighted by Crippen LogP contribution is 2.49. The quantitative estimate of drug-likeness (QED) is 0.269. The average molecular weight is 495 g/mol. The number of hydrogen-bond donors (Lipinski definition) is 1. The SMILES string of the molecule is CCOC(=O)C1(c2ccc(-c3ccc(-c4onc(C)c4C(O)CC=Cc4ccncc4)cc3)cc2)CC1.